The zero-order chi connectivity index (χ0) is 8.15. The maximum Gasteiger partial charge on any atom is 0.325 e. The van der Waals surface area contributed by atoms with Gasteiger partial charge >= 0.3 is 5.97 Å². The molecule has 0 aromatic rings. The second-order valence-corrected chi connectivity index (χ2v) is 1.70. The lowest BCUT2D eigenvalue weighted by Crippen LogP contribution is -2.43. The third-order valence-electron chi connectivity index (χ3n) is 1.04. The SMILES string of the molecule is COC(OC)C(N)C(=O)O. The maximum absolute atomic E-state index is 10.2. The molecule has 0 saturated carbocycles. The summed E-state index contributed by atoms with van der Waals surface area (Å²) in [6, 6.07) is -1.13. The molecular formula is C5H11NO4. The van der Waals surface area contributed by atoms with Crippen LogP contribution in [0.5, 0.6) is 0 Å². The van der Waals surface area contributed by atoms with Gasteiger partial charge in [0, 0.05) is 14.2 Å². The highest BCUT2D eigenvalue weighted by atomic mass is 16.7. The molecule has 0 rings (SSSR count). The van der Waals surface area contributed by atoms with Gasteiger partial charge in [-0.1, -0.05) is 0 Å². The number of rotatable bonds is 4. The van der Waals surface area contributed by atoms with E-state index in [1.165, 1.54) is 14.2 Å². The minimum absolute atomic E-state index is 0.877. The highest BCUT2D eigenvalue weighted by Gasteiger charge is 2.22. The molecular weight excluding hydrogens is 138 g/mol. The minimum Gasteiger partial charge on any atom is -0.480 e. The Kier molecular flexibility index (Phi) is 3.94. The summed E-state index contributed by atoms with van der Waals surface area (Å²) < 4.78 is 9.19. The quantitative estimate of drug-likeness (QED) is 0.502. The van der Waals surface area contributed by atoms with Crippen LogP contribution in [0, 0.1) is 0 Å². The normalized spacial score (nSPS) is 13.6. The number of methoxy groups -OCH3 is 2. The summed E-state index contributed by atoms with van der Waals surface area (Å²) >= 11 is 0. The van der Waals surface area contributed by atoms with E-state index < -0.39 is 18.3 Å². The predicted octanol–water partition coefficient (Wildman–Crippen LogP) is -0.983. The second kappa shape index (κ2) is 4.21. The van der Waals surface area contributed by atoms with Crippen LogP contribution in [0.2, 0.25) is 0 Å². The van der Waals surface area contributed by atoms with E-state index in [-0.39, 0.29) is 0 Å². The largest absolute Gasteiger partial charge is 0.480 e. The molecule has 5 heteroatoms. The van der Waals surface area contributed by atoms with Crippen molar-refractivity contribution in [3.63, 3.8) is 0 Å². The van der Waals surface area contributed by atoms with Crippen LogP contribution in [-0.4, -0.2) is 37.6 Å². The first-order chi connectivity index (χ1) is 4.63. The predicted molar refractivity (Wildman–Crippen MR) is 33.4 cm³/mol. The van der Waals surface area contributed by atoms with E-state index in [0.29, 0.717) is 0 Å². The third-order valence-corrected chi connectivity index (χ3v) is 1.04. The molecule has 0 aliphatic carbocycles. The first kappa shape index (κ1) is 9.35. The molecule has 0 aliphatic heterocycles. The lowest BCUT2D eigenvalue weighted by atomic mass is 10.3. The lowest BCUT2D eigenvalue weighted by Gasteiger charge is -2.16. The Morgan fingerprint density at radius 3 is 2.00 bits per heavy atom. The van der Waals surface area contributed by atoms with E-state index in [1.807, 2.05) is 0 Å². The molecule has 60 valence electrons. The van der Waals surface area contributed by atoms with Gasteiger partial charge in [-0.25, -0.2) is 0 Å². The number of nitrogens with two attached hydrogens (primary N) is 1. The molecule has 0 fully saturated rings. The van der Waals surface area contributed by atoms with Gasteiger partial charge in [0.25, 0.3) is 0 Å². The summed E-state index contributed by atoms with van der Waals surface area (Å²) in [5.41, 5.74) is 5.13. The third kappa shape index (κ3) is 2.30. The van der Waals surface area contributed by atoms with Crippen molar-refractivity contribution in [1.82, 2.24) is 0 Å². The summed E-state index contributed by atoms with van der Waals surface area (Å²) in [6.07, 6.45) is -0.877. The number of carboxylic acids is 1. The molecule has 5 nitrogen and oxygen atoms in total. The standard InChI is InChI=1S/C5H11NO4/c1-9-5(10-2)3(6)4(7)8/h3,5H,6H2,1-2H3,(H,7,8). The first-order valence-corrected chi connectivity index (χ1v) is 2.67. The summed E-state index contributed by atoms with van der Waals surface area (Å²) in [4.78, 5) is 10.2. The number of aliphatic carboxylic acids is 1. The summed E-state index contributed by atoms with van der Waals surface area (Å²) in [6.45, 7) is 0. The Hall–Kier alpha value is -0.650. The van der Waals surface area contributed by atoms with Gasteiger partial charge in [-0.15, -0.1) is 0 Å². The zero-order valence-electron chi connectivity index (χ0n) is 5.90. The summed E-state index contributed by atoms with van der Waals surface area (Å²) in [7, 11) is 2.66. The molecule has 1 unspecified atom stereocenters. The molecule has 0 spiro atoms. The van der Waals surface area contributed by atoms with Gasteiger partial charge in [0.05, 0.1) is 0 Å². The number of carboxylic acid groups (broad SMARTS) is 1. The molecule has 0 radical (unpaired) electrons. The van der Waals surface area contributed by atoms with Crippen molar-refractivity contribution in [3.05, 3.63) is 0 Å². The van der Waals surface area contributed by atoms with Crippen LogP contribution in [0.1, 0.15) is 0 Å². The molecule has 0 saturated heterocycles. The van der Waals surface area contributed by atoms with Crippen molar-refractivity contribution in [1.29, 1.82) is 0 Å². The number of carbonyl (C=O) groups is 1. The van der Waals surface area contributed by atoms with Gasteiger partial charge in [0.2, 0.25) is 0 Å². The van der Waals surface area contributed by atoms with Crippen molar-refractivity contribution in [2.75, 3.05) is 14.2 Å². The molecule has 0 aromatic heterocycles. The number of hydrogen-bond acceptors (Lipinski definition) is 4. The van der Waals surface area contributed by atoms with E-state index in [4.69, 9.17) is 10.8 Å². The number of ether oxygens (including phenoxy) is 2. The maximum atomic E-state index is 10.2. The fourth-order valence-electron chi connectivity index (χ4n) is 0.506. The topological polar surface area (TPSA) is 81.8 Å². The number of hydrogen-bond donors (Lipinski definition) is 2. The van der Waals surface area contributed by atoms with E-state index >= 15 is 0 Å². The fraction of sp³-hybridized carbons (Fsp3) is 0.800. The molecule has 0 heterocycles. The van der Waals surface area contributed by atoms with Crippen molar-refractivity contribution in [2.24, 2.45) is 5.73 Å². The monoisotopic (exact) mass is 149 g/mol. The van der Waals surface area contributed by atoms with Gasteiger partial charge < -0.3 is 20.3 Å². The molecule has 1 atom stereocenters. The molecule has 3 N–H and O–H groups in total. The Morgan fingerprint density at radius 2 is 1.90 bits per heavy atom. The zero-order valence-corrected chi connectivity index (χ0v) is 5.90. The highest BCUT2D eigenvalue weighted by Crippen LogP contribution is 1.95. The Bertz CT molecular complexity index is 112. The van der Waals surface area contributed by atoms with Crippen LogP contribution >= 0.6 is 0 Å². The fourth-order valence-corrected chi connectivity index (χ4v) is 0.506. The minimum atomic E-state index is -1.14. The first-order valence-electron chi connectivity index (χ1n) is 2.67. The molecule has 0 bridgehead atoms. The van der Waals surface area contributed by atoms with E-state index in [1.54, 1.807) is 0 Å². The van der Waals surface area contributed by atoms with Crippen LogP contribution in [-0.2, 0) is 14.3 Å². The molecule has 0 aromatic carbocycles. The molecule has 0 amide bonds. The summed E-state index contributed by atoms with van der Waals surface area (Å²) in [5, 5.41) is 8.33. The van der Waals surface area contributed by atoms with Crippen LogP contribution < -0.4 is 5.73 Å². The van der Waals surface area contributed by atoms with Gasteiger partial charge in [-0.05, 0) is 0 Å². The highest BCUT2D eigenvalue weighted by molar-refractivity contribution is 5.73. The van der Waals surface area contributed by atoms with Crippen LogP contribution in [0.15, 0.2) is 0 Å². The Morgan fingerprint density at radius 1 is 1.50 bits per heavy atom. The van der Waals surface area contributed by atoms with Gasteiger partial charge in [-0.3, -0.25) is 4.79 Å². The molecule has 10 heavy (non-hydrogen) atoms. The average molecular weight is 149 g/mol. The Balaban J connectivity index is 3.88. The van der Waals surface area contributed by atoms with Crippen molar-refractivity contribution in [2.45, 2.75) is 12.3 Å². The van der Waals surface area contributed by atoms with Crippen LogP contribution in [0.3, 0.4) is 0 Å². The van der Waals surface area contributed by atoms with E-state index in [2.05, 4.69) is 9.47 Å². The van der Waals surface area contributed by atoms with Crippen molar-refractivity contribution >= 4 is 5.97 Å². The Labute approximate surface area is 58.7 Å². The van der Waals surface area contributed by atoms with Gasteiger partial charge in [-0.2, -0.15) is 0 Å². The van der Waals surface area contributed by atoms with Crippen molar-refractivity contribution < 1.29 is 19.4 Å². The average Bonchev–Trinajstić information content (AvgIpc) is 1.90. The lowest BCUT2D eigenvalue weighted by molar-refractivity contribution is -0.158. The second-order valence-electron chi connectivity index (χ2n) is 1.70. The van der Waals surface area contributed by atoms with E-state index in [9.17, 15) is 4.79 Å². The van der Waals surface area contributed by atoms with Gasteiger partial charge in [0.1, 0.15) is 0 Å². The van der Waals surface area contributed by atoms with Crippen LogP contribution in [0.25, 0.3) is 0 Å². The van der Waals surface area contributed by atoms with Crippen molar-refractivity contribution in [3.8, 4) is 0 Å². The van der Waals surface area contributed by atoms with Gasteiger partial charge in [0.15, 0.2) is 12.3 Å². The summed E-state index contributed by atoms with van der Waals surface area (Å²) in [5.74, 6) is -1.14. The smallest absolute Gasteiger partial charge is 0.325 e. The van der Waals surface area contributed by atoms with Crippen LogP contribution in [0.4, 0.5) is 0 Å². The van der Waals surface area contributed by atoms with E-state index in [0.717, 1.165) is 0 Å². The molecule has 0 aliphatic rings.